The van der Waals surface area contributed by atoms with E-state index in [1.54, 1.807) is 6.92 Å². The van der Waals surface area contributed by atoms with Gasteiger partial charge >= 0.3 is 18.1 Å². The number of rotatable bonds is 11. The normalized spacial score (nSPS) is 23.2. The van der Waals surface area contributed by atoms with E-state index < -0.39 is 42.5 Å². The van der Waals surface area contributed by atoms with E-state index in [0.29, 0.717) is 51.6 Å². The molecule has 0 spiro atoms. The molecular formula is C31H45N3O8. The van der Waals surface area contributed by atoms with E-state index in [0.717, 1.165) is 37.7 Å². The van der Waals surface area contributed by atoms with Crippen LogP contribution in [0.15, 0.2) is 30.3 Å². The van der Waals surface area contributed by atoms with Crippen LogP contribution in [-0.4, -0.2) is 84.2 Å². The van der Waals surface area contributed by atoms with Gasteiger partial charge in [-0.05, 0) is 76.7 Å². The SMILES string of the molecule is CCOC(=O)[C@H](CCc1ccccc1)NC1CCCN2CCCC(C(=O)O[C@H](C)OC(=O)OC3CCCCC3)N2C1=O. The van der Waals surface area contributed by atoms with Gasteiger partial charge in [0, 0.05) is 20.0 Å². The molecule has 2 aliphatic heterocycles. The molecule has 4 rings (SSSR count). The fraction of sp³-hybridized carbons (Fsp3) is 0.677. The van der Waals surface area contributed by atoms with Crippen molar-refractivity contribution in [3.8, 4) is 0 Å². The van der Waals surface area contributed by atoms with Crippen molar-refractivity contribution in [2.24, 2.45) is 0 Å². The molecule has 1 amide bonds. The lowest BCUT2D eigenvalue weighted by molar-refractivity contribution is -0.192. The van der Waals surface area contributed by atoms with E-state index in [1.165, 1.54) is 11.9 Å². The quantitative estimate of drug-likeness (QED) is 0.232. The molecule has 1 saturated carbocycles. The lowest BCUT2D eigenvalue weighted by atomic mass is 9.98. The maximum atomic E-state index is 13.9. The summed E-state index contributed by atoms with van der Waals surface area (Å²) in [6.07, 6.45) is 6.02. The largest absolute Gasteiger partial charge is 0.511 e. The molecule has 3 aliphatic rings. The molecule has 1 aromatic carbocycles. The molecule has 0 radical (unpaired) electrons. The number of amides is 1. The number of hydrazine groups is 1. The summed E-state index contributed by atoms with van der Waals surface area (Å²) >= 11 is 0. The molecule has 0 aromatic heterocycles. The number of carbonyl (C=O) groups is 4. The third-order valence-electron chi connectivity index (χ3n) is 8.10. The van der Waals surface area contributed by atoms with E-state index in [9.17, 15) is 19.2 Å². The highest BCUT2D eigenvalue weighted by Crippen LogP contribution is 2.26. The van der Waals surface area contributed by atoms with Crippen molar-refractivity contribution in [3.05, 3.63) is 35.9 Å². The predicted molar refractivity (Wildman–Crippen MR) is 153 cm³/mol. The van der Waals surface area contributed by atoms with Gasteiger partial charge in [-0.15, -0.1) is 0 Å². The van der Waals surface area contributed by atoms with Gasteiger partial charge in [0.05, 0.1) is 12.6 Å². The molecule has 1 aromatic rings. The summed E-state index contributed by atoms with van der Waals surface area (Å²) in [6, 6.07) is 7.63. The number of nitrogens with zero attached hydrogens (tertiary/aromatic N) is 2. The van der Waals surface area contributed by atoms with Crippen LogP contribution in [-0.2, 0) is 39.8 Å². The van der Waals surface area contributed by atoms with Crippen LogP contribution in [0.3, 0.4) is 0 Å². The van der Waals surface area contributed by atoms with Crippen molar-refractivity contribution in [3.63, 3.8) is 0 Å². The number of esters is 2. The molecule has 1 N–H and O–H groups in total. The topological polar surface area (TPSA) is 124 Å². The Morgan fingerprint density at radius 3 is 2.38 bits per heavy atom. The molecule has 3 fully saturated rings. The summed E-state index contributed by atoms with van der Waals surface area (Å²) in [5, 5.41) is 6.65. The van der Waals surface area contributed by atoms with Crippen LogP contribution in [0, 0.1) is 0 Å². The molecule has 4 atom stereocenters. The highest BCUT2D eigenvalue weighted by molar-refractivity contribution is 5.88. The summed E-state index contributed by atoms with van der Waals surface area (Å²) in [5.74, 6) is -1.32. The molecule has 2 unspecified atom stereocenters. The first-order valence-corrected chi connectivity index (χ1v) is 15.5. The van der Waals surface area contributed by atoms with Gasteiger partial charge < -0.3 is 18.9 Å². The lowest BCUT2D eigenvalue weighted by Crippen LogP contribution is -2.62. The Balaban J connectivity index is 1.38. The number of hydrogen-bond donors (Lipinski definition) is 1. The van der Waals surface area contributed by atoms with Crippen molar-refractivity contribution >= 4 is 24.0 Å². The van der Waals surface area contributed by atoms with Gasteiger partial charge in [0.25, 0.3) is 5.91 Å². The first-order valence-electron chi connectivity index (χ1n) is 15.5. The zero-order chi connectivity index (χ0) is 29.9. The third-order valence-corrected chi connectivity index (χ3v) is 8.10. The van der Waals surface area contributed by atoms with E-state index >= 15 is 0 Å². The van der Waals surface area contributed by atoms with Crippen LogP contribution < -0.4 is 5.32 Å². The number of carbonyl (C=O) groups excluding carboxylic acids is 4. The van der Waals surface area contributed by atoms with Gasteiger partial charge in [-0.2, -0.15) is 0 Å². The first kappa shape index (κ1) is 31.7. The second kappa shape index (κ2) is 15.9. The number of aryl methyl sites for hydroxylation is 1. The van der Waals surface area contributed by atoms with Crippen LogP contribution in [0.5, 0.6) is 0 Å². The van der Waals surface area contributed by atoms with E-state index in [2.05, 4.69) is 5.32 Å². The molecule has 42 heavy (non-hydrogen) atoms. The van der Waals surface area contributed by atoms with Crippen LogP contribution in [0.1, 0.15) is 83.6 Å². The van der Waals surface area contributed by atoms with Crippen LogP contribution in [0.4, 0.5) is 4.79 Å². The van der Waals surface area contributed by atoms with Gasteiger partial charge in [-0.1, -0.05) is 36.8 Å². The monoisotopic (exact) mass is 587 g/mol. The molecule has 0 bridgehead atoms. The Morgan fingerprint density at radius 2 is 1.67 bits per heavy atom. The maximum absolute atomic E-state index is 13.9. The summed E-state index contributed by atoms with van der Waals surface area (Å²) in [6.45, 7) is 4.69. The van der Waals surface area contributed by atoms with Crippen LogP contribution >= 0.6 is 0 Å². The zero-order valence-corrected chi connectivity index (χ0v) is 24.8. The molecule has 2 heterocycles. The average Bonchev–Trinajstić information content (AvgIpc) is 3.14. The molecular weight excluding hydrogens is 542 g/mol. The zero-order valence-electron chi connectivity index (χ0n) is 24.8. The highest BCUT2D eigenvalue weighted by atomic mass is 16.8. The summed E-state index contributed by atoms with van der Waals surface area (Å²) in [4.78, 5) is 52.3. The molecule has 11 nitrogen and oxygen atoms in total. The van der Waals surface area contributed by atoms with Crippen LogP contribution in [0.25, 0.3) is 0 Å². The minimum atomic E-state index is -1.16. The molecule has 2 saturated heterocycles. The Morgan fingerprint density at radius 1 is 0.952 bits per heavy atom. The summed E-state index contributed by atoms with van der Waals surface area (Å²) in [7, 11) is 0. The second-order valence-electron chi connectivity index (χ2n) is 11.2. The maximum Gasteiger partial charge on any atom is 0.511 e. The minimum Gasteiger partial charge on any atom is -0.465 e. The smallest absolute Gasteiger partial charge is 0.465 e. The Labute approximate surface area is 248 Å². The van der Waals surface area contributed by atoms with Gasteiger partial charge in [0.15, 0.2) is 0 Å². The molecule has 232 valence electrons. The Kier molecular flexibility index (Phi) is 12.0. The van der Waals surface area contributed by atoms with Crippen LogP contribution in [0.2, 0.25) is 0 Å². The number of fused-ring (bicyclic) bond motifs is 1. The number of nitrogens with one attached hydrogen (secondary N) is 1. The third kappa shape index (κ3) is 8.91. The number of ether oxygens (including phenoxy) is 4. The van der Waals surface area contributed by atoms with E-state index in [-0.39, 0.29) is 18.6 Å². The number of benzene rings is 1. The Hall–Kier alpha value is -3.18. The second-order valence-corrected chi connectivity index (χ2v) is 11.2. The standard InChI is InChI=1S/C31H45N3O8/c1-3-39-29(36)26(19-18-23-12-6-4-7-13-23)32-25-16-10-20-33-21-11-17-27(34(33)28(25)35)30(37)40-22(2)41-31(38)42-24-14-8-5-9-15-24/h4,6-7,12-13,22,24-27,32H,3,5,8-11,14-21H2,1-2H3/t22-,25?,26-,27?/m0/s1. The minimum absolute atomic E-state index is 0.175. The van der Waals surface area contributed by atoms with Gasteiger partial charge in [-0.25, -0.2) is 14.6 Å². The predicted octanol–water partition coefficient (Wildman–Crippen LogP) is 3.89. The van der Waals surface area contributed by atoms with Gasteiger partial charge in [0.2, 0.25) is 6.29 Å². The summed E-state index contributed by atoms with van der Waals surface area (Å²) < 4.78 is 21.4. The molecule has 1 aliphatic carbocycles. The van der Waals surface area contributed by atoms with Crippen molar-refractivity contribution in [1.29, 1.82) is 0 Å². The van der Waals surface area contributed by atoms with Crippen molar-refractivity contribution in [1.82, 2.24) is 15.3 Å². The molecule has 11 heteroatoms. The average molecular weight is 588 g/mol. The fourth-order valence-electron chi connectivity index (χ4n) is 6.00. The highest BCUT2D eigenvalue weighted by Gasteiger charge is 2.43. The number of hydrogen-bond acceptors (Lipinski definition) is 10. The lowest BCUT2D eigenvalue weighted by Gasteiger charge is -2.43. The Bertz CT molecular complexity index is 1050. The fourth-order valence-corrected chi connectivity index (χ4v) is 6.00. The van der Waals surface area contributed by atoms with E-state index in [1.807, 2.05) is 35.3 Å². The van der Waals surface area contributed by atoms with Gasteiger partial charge in [-0.3, -0.25) is 19.9 Å². The van der Waals surface area contributed by atoms with E-state index in [4.69, 9.17) is 18.9 Å². The summed E-state index contributed by atoms with van der Waals surface area (Å²) in [5.41, 5.74) is 1.09. The van der Waals surface area contributed by atoms with Crippen molar-refractivity contribution in [2.75, 3.05) is 19.7 Å². The van der Waals surface area contributed by atoms with Crippen molar-refractivity contribution < 1.29 is 38.1 Å². The van der Waals surface area contributed by atoms with Crippen molar-refractivity contribution in [2.45, 2.75) is 115 Å². The van der Waals surface area contributed by atoms with Gasteiger partial charge in [0.1, 0.15) is 18.2 Å². The first-order chi connectivity index (χ1) is 20.4.